The Labute approximate surface area is 125 Å². The van der Waals surface area contributed by atoms with E-state index in [-0.39, 0.29) is 0 Å². The number of aryl methyl sites for hydroxylation is 1. The Morgan fingerprint density at radius 1 is 1.29 bits per heavy atom. The number of aromatic nitrogens is 2. The molecule has 112 valence electrons. The molecule has 0 atom stereocenters. The lowest BCUT2D eigenvalue weighted by Crippen LogP contribution is -2.23. The van der Waals surface area contributed by atoms with E-state index >= 15 is 0 Å². The summed E-state index contributed by atoms with van der Waals surface area (Å²) in [6.45, 7) is 7.98. The quantitative estimate of drug-likeness (QED) is 0.699. The van der Waals surface area contributed by atoms with Gasteiger partial charge in [0, 0.05) is 19.5 Å². The number of hydrogen-bond acceptors (Lipinski definition) is 5. The lowest BCUT2D eigenvalue weighted by molar-refractivity contribution is 0.239. The predicted molar refractivity (Wildman–Crippen MR) is 81.0 cm³/mol. The Bertz CT molecular complexity index is 563. The molecule has 0 bridgehead atoms. The second kappa shape index (κ2) is 7.59. The van der Waals surface area contributed by atoms with Crippen molar-refractivity contribution in [2.24, 2.45) is 0 Å². The van der Waals surface area contributed by atoms with Crippen molar-refractivity contribution < 1.29 is 9.26 Å². The smallest absolute Gasteiger partial charge is 0.240 e. The molecule has 0 spiro atoms. The van der Waals surface area contributed by atoms with E-state index < -0.39 is 0 Å². The van der Waals surface area contributed by atoms with Crippen LogP contribution in [-0.2, 0) is 19.5 Å². The van der Waals surface area contributed by atoms with Crippen LogP contribution in [0.1, 0.15) is 24.2 Å². The van der Waals surface area contributed by atoms with E-state index in [4.69, 9.17) is 9.26 Å². The summed E-state index contributed by atoms with van der Waals surface area (Å²) >= 11 is 0. The Morgan fingerprint density at radius 2 is 2.05 bits per heavy atom. The van der Waals surface area contributed by atoms with Crippen LogP contribution in [-0.4, -0.2) is 28.7 Å². The average Bonchev–Trinajstić information content (AvgIpc) is 2.96. The van der Waals surface area contributed by atoms with Crippen molar-refractivity contribution in [3.63, 3.8) is 0 Å². The zero-order chi connectivity index (χ0) is 15.1. The number of rotatable bonds is 8. The second-order valence-corrected chi connectivity index (χ2v) is 4.76. The van der Waals surface area contributed by atoms with Crippen molar-refractivity contribution in [1.29, 1.82) is 0 Å². The maximum Gasteiger partial charge on any atom is 0.240 e. The minimum absolute atomic E-state index is 0.616. The predicted octanol–water partition coefficient (Wildman–Crippen LogP) is 2.83. The van der Waals surface area contributed by atoms with Crippen LogP contribution in [0.4, 0.5) is 0 Å². The first kappa shape index (κ1) is 15.3. The highest BCUT2D eigenvalue weighted by Gasteiger charge is 2.11. The van der Waals surface area contributed by atoms with Crippen LogP contribution >= 0.6 is 0 Å². The number of hydrogen-bond donors (Lipinski definition) is 0. The van der Waals surface area contributed by atoms with Crippen molar-refractivity contribution >= 4 is 0 Å². The van der Waals surface area contributed by atoms with Gasteiger partial charge in [0.2, 0.25) is 5.89 Å². The molecule has 0 N–H and O–H groups in total. The Kier molecular flexibility index (Phi) is 5.51. The van der Waals surface area contributed by atoms with Gasteiger partial charge in [-0.05, 0) is 17.7 Å². The van der Waals surface area contributed by atoms with Gasteiger partial charge in [0.15, 0.2) is 5.82 Å². The molecule has 2 aromatic rings. The van der Waals surface area contributed by atoms with E-state index in [9.17, 15) is 0 Å². The molecule has 21 heavy (non-hydrogen) atoms. The fourth-order valence-electron chi connectivity index (χ4n) is 2.05. The van der Waals surface area contributed by atoms with Gasteiger partial charge in [0.25, 0.3) is 0 Å². The number of benzene rings is 1. The summed E-state index contributed by atoms with van der Waals surface area (Å²) < 4.78 is 10.4. The molecule has 0 aliphatic carbocycles. The number of nitrogens with zero attached hydrogens (tertiary/aromatic N) is 3. The van der Waals surface area contributed by atoms with Gasteiger partial charge in [-0.15, -0.1) is 6.58 Å². The summed E-state index contributed by atoms with van der Waals surface area (Å²) in [7, 11) is 1.67. The van der Waals surface area contributed by atoms with Gasteiger partial charge in [-0.25, -0.2) is 0 Å². The summed E-state index contributed by atoms with van der Waals surface area (Å²) in [6, 6.07) is 8.03. The van der Waals surface area contributed by atoms with Crippen LogP contribution in [0.15, 0.2) is 41.4 Å². The largest absolute Gasteiger partial charge is 0.497 e. The van der Waals surface area contributed by atoms with Gasteiger partial charge in [0.05, 0.1) is 13.7 Å². The summed E-state index contributed by atoms with van der Waals surface area (Å²) in [5.41, 5.74) is 1.20. The first-order valence-corrected chi connectivity index (χ1v) is 7.02. The van der Waals surface area contributed by atoms with Gasteiger partial charge in [-0.3, -0.25) is 4.90 Å². The second-order valence-electron chi connectivity index (χ2n) is 4.76. The maximum absolute atomic E-state index is 5.25. The Balaban J connectivity index is 2.01. The minimum atomic E-state index is 0.616. The van der Waals surface area contributed by atoms with Crippen LogP contribution < -0.4 is 4.74 Å². The van der Waals surface area contributed by atoms with Crippen LogP contribution in [0.2, 0.25) is 0 Å². The molecule has 0 radical (unpaired) electrons. The Hall–Kier alpha value is -2.14. The monoisotopic (exact) mass is 287 g/mol. The molecule has 1 aromatic heterocycles. The SMILES string of the molecule is C=CCN(Cc1ccc(OC)cc1)Cc1nc(CC)no1. The summed E-state index contributed by atoms with van der Waals surface area (Å²) in [5.74, 6) is 2.24. The third-order valence-corrected chi connectivity index (χ3v) is 3.14. The number of methoxy groups -OCH3 is 1. The molecule has 0 aliphatic rings. The standard InChI is InChI=1S/C16H21N3O2/c1-4-10-19(12-16-17-15(5-2)18-21-16)11-13-6-8-14(20-3)9-7-13/h4,6-9H,1,5,10-12H2,2-3H3. The summed E-state index contributed by atoms with van der Waals surface area (Å²) in [4.78, 5) is 6.54. The van der Waals surface area contributed by atoms with Crippen LogP contribution in [0.25, 0.3) is 0 Å². The third-order valence-electron chi connectivity index (χ3n) is 3.14. The molecule has 5 heteroatoms. The van der Waals surface area contributed by atoms with Crippen molar-refractivity contribution in [2.75, 3.05) is 13.7 Å². The van der Waals surface area contributed by atoms with Gasteiger partial charge in [-0.2, -0.15) is 4.98 Å². The molecular formula is C16H21N3O2. The highest BCUT2D eigenvalue weighted by molar-refractivity contribution is 5.27. The van der Waals surface area contributed by atoms with E-state index in [1.165, 1.54) is 5.56 Å². The summed E-state index contributed by atoms with van der Waals surface area (Å²) in [6.07, 6.45) is 2.66. The number of ether oxygens (including phenoxy) is 1. The normalized spacial score (nSPS) is 10.8. The topological polar surface area (TPSA) is 51.4 Å². The van der Waals surface area contributed by atoms with Crippen LogP contribution in [0, 0.1) is 0 Å². The van der Waals surface area contributed by atoms with Gasteiger partial charge < -0.3 is 9.26 Å². The molecule has 1 heterocycles. The van der Waals surface area contributed by atoms with Crippen molar-refractivity contribution in [1.82, 2.24) is 15.0 Å². The molecule has 2 rings (SSSR count). The van der Waals surface area contributed by atoms with Crippen molar-refractivity contribution in [2.45, 2.75) is 26.4 Å². The van der Waals surface area contributed by atoms with Crippen molar-refractivity contribution in [3.8, 4) is 5.75 Å². The minimum Gasteiger partial charge on any atom is -0.497 e. The third kappa shape index (κ3) is 4.43. The van der Waals surface area contributed by atoms with Crippen molar-refractivity contribution in [3.05, 3.63) is 54.2 Å². The molecule has 5 nitrogen and oxygen atoms in total. The molecule has 0 saturated heterocycles. The van der Waals surface area contributed by atoms with E-state index in [0.29, 0.717) is 12.4 Å². The molecule has 0 aliphatic heterocycles. The first-order valence-electron chi connectivity index (χ1n) is 7.02. The van der Waals surface area contributed by atoms with E-state index in [1.807, 2.05) is 25.1 Å². The molecule has 0 amide bonds. The van der Waals surface area contributed by atoms with E-state index in [1.54, 1.807) is 7.11 Å². The maximum atomic E-state index is 5.25. The fraction of sp³-hybridized carbons (Fsp3) is 0.375. The zero-order valence-corrected chi connectivity index (χ0v) is 12.6. The Morgan fingerprint density at radius 3 is 2.62 bits per heavy atom. The van der Waals surface area contributed by atoms with E-state index in [2.05, 4.69) is 33.8 Å². The molecule has 0 saturated carbocycles. The highest BCUT2D eigenvalue weighted by atomic mass is 16.5. The zero-order valence-electron chi connectivity index (χ0n) is 12.6. The molecule has 0 fully saturated rings. The molecule has 1 aromatic carbocycles. The summed E-state index contributed by atoms with van der Waals surface area (Å²) in [5, 5.41) is 3.92. The fourth-order valence-corrected chi connectivity index (χ4v) is 2.05. The van der Waals surface area contributed by atoms with Gasteiger partial charge in [0.1, 0.15) is 5.75 Å². The van der Waals surface area contributed by atoms with Crippen LogP contribution in [0.3, 0.4) is 0 Å². The molecular weight excluding hydrogens is 266 g/mol. The average molecular weight is 287 g/mol. The lowest BCUT2D eigenvalue weighted by atomic mass is 10.2. The first-order chi connectivity index (χ1) is 10.2. The van der Waals surface area contributed by atoms with Gasteiger partial charge >= 0.3 is 0 Å². The van der Waals surface area contributed by atoms with E-state index in [0.717, 1.165) is 31.1 Å². The highest BCUT2D eigenvalue weighted by Crippen LogP contribution is 2.14. The van der Waals surface area contributed by atoms with Crippen LogP contribution in [0.5, 0.6) is 5.75 Å². The lowest BCUT2D eigenvalue weighted by Gasteiger charge is -2.18. The van der Waals surface area contributed by atoms with Gasteiger partial charge in [-0.1, -0.05) is 30.3 Å². The molecule has 0 unspecified atom stereocenters.